The summed E-state index contributed by atoms with van der Waals surface area (Å²) in [4.78, 5) is 21.8. The number of nitrogens with zero attached hydrogens (tertiary/aromatic N) is 2. The van der Waals surface area contributed by atoms with Gasteiger partial charge in [-0.2, -0.15) is 5.10 Å². The highest BCUT2D eigenvalue weighted by Gasteiger charge is 2.30. The van der Waals surface area contributed by atoms with Crippen LogP contribution in [-0.4, -0.2) is 28.5 Å². The zero-order valence-corrected chi connectivity index (χ0v) is 10.6. The number of hydrogen-bond donors (Lipinski definition) is 1. The molecule has 1 heterocycles. The summed E-state index contributed by atoms with van der Waals surface area (Å²) in [5.41, 5.74) is 0.882. The molecule has 0 spiro atoms. The summed E-state index contributed by atoms with van der Waals surface area (Å²) in [6.07, 6.45) is 1.21. The van der Waals surface area contributed by atoms with Crippen LogP contribution in [0.4, 0.5) is 0 Å². The predicted octanol–water partition coefficient (Wildman–Crippen LogP) is -0.252. The van der Waals surface area contributed by atoms with E-state index in [-0.39, 0.29) is 12.3 Å². The van der Waals surface area contributed by atoms with Crippen molar-refractivity contribution < 1.29 is 14.7 Å². The first-order chi connectivity index (χ1) is 9.15. The number of thioether (sulfide) groups is 1. The van der Waals surface area contributed by atoms with Gasteiger partial charge in [-0.25, -0.2) is 0 Å². The Morgan fingerprint density at radius 3 is 2.84 bits per heavy atom. The van der Waals surface area contributed by atoms with Gasteiger partial charge in [0.15, 0.2) is 5.17 Å². The standard InChI is InChI=1S/C12H11N3O3S/c16-10(17)6-9-11(18)14-12(19-9)15-13-7-8-4-2-1-3-5-8/h1-5,7,9H,6H2,(H,16,17)(H,14,15,18)/p-1/b13-7-/t9-/m0/s1. The lowest BCUT2D eigenvalue weighted by molar-refractivity contribution is -0.305. The summed E-state index contributed by atoms with van der Waals surface area (Å²) in [6, 6.07) is 9.36. The van der Waals surface area contributed by atoms with E-state index in [0.29, 0.717) is 5.17 Å². The second kappa shape index (κ2) is 6.14. The lowest BCUT2D eigenvalue weighted by atomic mass is 10.2. The Hall–Kier alpha value is -2.15. The molecule has 1 aliphatic rings. The summed E-state index contributed by atoms with van der Waals surface area (Å²) in [7, 11) is 0. The number of amidine groups is 1. The van der Waals surface area contributed by atoms with Gasteiger partial charge in [-0.05, 0) is 5.56 Å². The number of nitrogens with one attached hydrogen (secondary N) is 1. The van der Waals surface area contributed by atoms with E-state index in [1.807, 2.05) is 30.3 Å². The number of carboxylic acid groups (broad SMARTS) is 1. The maximum absolute atomic E-state index is 11.4. The summed E-state index contributed by atoms with van der Waals surface area (Å²) >= 11 is 1.04. The molecule has 1 aromatic rings. The number of aliphatic carboxylic acids is 1. The Labute approximate surface area is 113 Å². The highest BCUT2D eigenvalue weighted by atomic mass is 32.2. The molecule has 19 heavy (non-hydrogen) atoms. The first-order valence-electron chi connectivity index (χ1n) is 5.48. The van der Waals surface area contributed by atoms with Crippen molar-refractivity contribution >= 4 is 35.0 Å². The summed E-state index contributed by atoms with van der Waals surface area (Å²) < 4.78 is 0. The molecule has 0 saturated carbocycles. The van der Waals surface area contributed by atoms with Crippen molar-refractivity contribution in [3.05, 3.63) is 35.9 Å². The predicted molar refractivity (Wildman–Crippen MR) is 70.6 cm³/mol. The Bertz CT molecular complexity index is 542. The fraction of sp³-hybridized carbons (Fsp3) is 0.167. The molecule has 1 saturated heterocycles. The zero-order valence-electron chi connectivity index (χ0n) is 9.78. The Morgan fingerprint density at radius 1 is 1.42 bits per heavy atom. The molecule has 1 aromatic carbocycles. The third-order valence-electron chi connectivity index (χ3n) is 2.28. The Morgan fingerprint density at radius 2 is 2.16 bits per heavy atom. The molecule has 0 radical (unpaired) electrons. The van der Waals surface area contributed by atoms with Gasteiger partial charge >= 0.3 is 0 Å². The van der Waals surface area contributed by atoms with E-state index in [1.54, 1.807) is 6.21 Å². The molecule has 1 atom stereocenters. The number of rotatable bonds is 4. The highest BCUT2D eigenvalue weighted by Crippen LogP contribution is 2.21. The minimum absolute atomic E-state index is 0.295. The minimum Gasteiger partial charge on any atom is -0.550 e. The van der Waals surface area contributed by atoms with Crippen molar-refractivity contribution in [1.29, 1.82) is 0 Å². The molecule has 7 heteroatoms. The third-order valence-corrected chi connectivity index (χ3v) is 3.36. The Balaban J connectivity index is 1.96. The van der Waals surface area contributed by atoms with Gasteiger partial charge in [-0.15, -0.1) is 5.10 Å². The lowest BCUT2D eigenvalue weighted by Crippen LogP contribution is -2.31. The Kier molecular flexibility index (Phi) is 4.30. The first-order valence-corrected chi connectivity index (χ1v) is 6.36. The second-order valence-electron chi connectivity index (χ2n) is 3.73. The molecule has 2 rings (SSSR count). The van der Waals surface area contributed by atoms with Crippen molar-refractivity contribution in [2.24, 2.45) is 10.2 Å². The van der Waals surface area contributed by atoms with Crippen molar-refractivity contribution in [2.75, 3.05) is 0 Å². The second-order valence-corrected chi connectivity index (χ2v) is 4.92. The fourth-order valence-electron chi connectivity index (χ4n) is 1.43. The van der Waals surface area contributed by atoms with Gasteiger partial charge in [0.1, 0.15) is 0 Å². The first kappa shape index (κ1) is 13.3. The van der Waals surface area contributed by atoms with Crippen LogP contribution < -0.4 is 10.4 Å². The van der Waals surface area contributed by atoms with Crippen LogP contribution in [0.5, 0.6) is 0 Å². The largest absolute Gasteiger partial charge is 0.550 e. The average molecular weight is 276 g/mol. The van der Waals surface area contributed by atoms with Crippen LogP contribution in [-0.2, 0) is 9.59 Å². The van der Waals surface area contributed by atoms with Gasteiger partial charge in [-0.1, -0.05) is 42.1 Å². The molecule has 0 unspecified atom stereocenters. The summed E-state index contributed by atoms with van der Waals surface area (Å²) in [6.45, 7) is 0. The van der Waals surface area contributed by atoms with Crippen molar-refractivity contribution in [3.8, 4) is 0 Å². The number of benzene rings is 1. The van der Waals surface area contributed by atoms with E-state index in [2.05, 4.69) is 15.5 Å². The molecule has 1 N–H and O–H groups in total. The number of carbonyl (C=O) groups excluding carboxylic acids is 2. The van der Waals surface area contributed by atoms with E-state index >= 15 is 0 Å². The number of hydrogen-bond acceptors (Lipinski definition) is 6. The SMILES string of the molecule is O=C([O-])C[C@@H]1S/C(=N/N=C\c2ccccc2)NC1=O. The maximum atomic E-state index is 11.4. The maximum Gasteiger partial charge on any atom is 0.239 e. The number of carboxylic acids is 1. The lowest BCUT2D eigenvalue weighted by Gasteiger charge is -2.04. The molecule has 0 aromatic heterocycles. The van der Waals surface area contributed by atoms with Crippen LogP contribution in [0, 0.1) is 0 Å². The van der Waals surface area contributed by atoms with Gasteiger partial charge in [0.2, 0.25) is 5.91 Å². The molecule has 1 fully saturated rings. The third kappa shape index (κ3) is 3.92. The normalized spacial score (nSPS) is 20.9. The van der Waals surface area contributed by atoms with E-state index in [9.17, 15) is 14.7 Å². The summed E-state index contributed by atoms with van der Waals surface area (Å²) in [5.74, 6) is -1.65. The van der Waals surface area contributed by atoms with Gasteiger partial charge in [0.05, 0.1) is 11.5 Å². The molecule has 0 aliphatic carbocycles. The van der Waals surface area contributed by atoms with Crippen LogP contribution in [0.25, 0.3) is 0 Å². The van der Waals surface area contributed by atoms with E-state index in [4.69, 9.17) is 0 Å². The van der Waals surface area contributed by atoms with E-state index in [0.717, 1.165) is 17.3 Å². The minimum atomic E-state index is -1.26. The van der Waals surface area contributed by atoms with Crippen LogP contribution in [0.2, 0.25) is 0 Å². The highest BCUT2D eigenvalue weighted by molar-refractivity contribution is 8.15. The van der Waals surface area contributed by atoms with Crippen LogP contribution in [0.1, 0.15) is 12.0 Å². The van der Waals surface area contributed by atoms with Crippen LogP contribution in [0.3, 0.4) is 0 Å². The van der Waals surface area contributed by atoms with Gasteiger partial charge in [-0.3, -0.25) is 4.79 Å². The molecule has 98 valence electrons. The van der Waals surface area contributed by atoms with Crippen molar-refractivity contribution in [1.82, 2.24) is 5.32 Å². The van der Waals surface area contributed by atoms with Gasteiger partial charge < -0.3 is 15.2 Å². The van der Waals surface area contributed by atoms with Gasteiger partial charge in [0.25, 0.3) is 0 Å². The zero-order chi connectivity index (χ0) is 13.7. The number of carbonyl (C=O) groups is 2. The molecule has 1 amide bonds. The average Bonchev–Trinajstić information content (AvgIpc) is 2.70. The molecule has 1 aliphatic heterocycles. The smallest absolute Gasteiger partial charge is 0.239 e. The topological polar surface area (TPSA) is 93.9 Å². The van der Waals surface area contributed by atoms with Crippen molar-refractivity contribution in [3.63, 3.8) is 0 Å². The quantitative estimate of drug-likeness (QED) is 0.606. The molecule has 0 bridgehead atoms. The number of amides is 1. The van der Waals surface area contributed by atoms with E-state index in [1.165, 1.54) is 0 Å². The molecular formula is C12H10N3O3S-. The van der Waals surface area contributed by atoms with Crippen LogP contribution >= 0.6 is 11.8 Å². The van der Waals surface area contributed by atoms with Crippen molar-refractivity contribution in [2.45, 2.75) is 11.7 Å². The molecular weight excluding hydrogens is 266 g/mol. The summed E-state index contributed by atoms with van der Waals surface area (Å²) in [5, 5.41) is 20.2. The van der Waals surface area contributed by atoms with Gasteiger partial charge in [0, 0.05) is 12.4 Å². The molecule has 6 nitrogen and oxygen atoms in total. The van der Waals surface area contributed by atoms with Crippen LogP contribution in [0.15, 0.2) is 40.5 Å². The van der Waals surface area contributed by atoms with E-state index < -0.39 is 11.2 Å². The fourth-order valence-corrected chi connectivity index (χ4v) is 2.33. The monoisotopic (exact) mass is 276 g/mol.